The molecular weight excluding hydrogens is 498 g/mol. The van der Waals surface area contributed by atoms with Crippen molar-refractivity contribution < 1.29 is 19.7 Å². The molecule has 0 amide bonds. The molecule has 2 N–H and O–H groups in total. The van der Waals surface area contributed by atoms with Crippen molar-refractivity contribution in [2.24, 2.45) is 33.5 Å². The fourth-order valence-electron chi connectivity index (χ4n) is 11.0. The van der Waals surface area contributed by atoms with Crippen LogP contribution in [-0.4, -0.2) is 59.3 Å². The van der Waals surface area contributed by atoms with Crippen molar-refractivity contribution in [2.45, 2.75) is 89.8 Å². The molecule has 6 aliphatic carbocycles. The number of β-amino-alcohol motifs (C(OH)–C–C–N with tert-alkyl or cyclic N) is 1. The summed E-state index contributed by atoms with van der Waals surface area (Å²) in [6.45, 7) is 7.72. The maximum absolute atomic E-state index is 14.6. The molecule has 0 radical (unpaired) electrons. The molecule has 1 saturated heterocycles. The zero-order valence-corrected chi connectivity index (χ0v) is 24.6. The molecular formula is C35H47NO4. The first-order valence-corrected chi connectivity index (χ1v) is 15.9. The number of rotatable bonds is 5. The van der Waals surface area contributed by atoms with Gasteiger partial charge in [0.2, 0.25) is 0 Å². The first-order valence-electron chi connectivity index (χ1n) is 15.9. The van der Waals surface area contributed by atoms with E-state index in [-0.39, 0.29) is 34.1 Å². The van der Waals surface area contributed by atoms with Crippen LogP contribution in [0.15, 0.2) is 48.1 Å². The molecule has 5 nitrogen and oxygen atoms in total. The van der Waals surface area contributed by atoms with E-state index in [2.05, 4.69) is 37.0 Å². The molecule has 1 aliphatic heterocycles. The molecule has 1 aromatic carbocycles. The lowest BCUT2D eigenvalue weighted by molar-refractivity contribution is -0.176. The number of piperidine rings is 1. The van der Waals surface area contributed by atoms with Crippen molar-refractivity contribution >= 4 is 5.78 Å². The number of methoxy groups -OCH3 is 1. The number of ketones is 1. The van der Waals surface area contributed by atoms with E-state index in [1.165, 1.54) is 19.3 Å². The molecule has 2 bridgehead atoms. The standard InChI is InChI=1S/C35H47NO4/c1-31-14-11-25(37)21-33(31)17-18-35(27(22-33)30(38)24-7-9-26(40-3)10-8-24)28(31)12-15-32(2)29(35)13-16-34(32,39)23-36-19-5-4-6-20-36/h7-10,17-18,22,25,28-29,37,39H,4-6,11-16,19-21,23H2,1-3H3/t25?,28-,29-,31-,32+,33+,34-,35-/m1/s1. The van der Waals surface area contributed by atoms with E-state index < -0.39 is 11.0 Å². The number of carbonyl (C=O) groups excluding carboxylic acids is 1. The minimum atomic E-state index is -0.744. The Kier molecular flexibility index (Phi) is 6.07. The lowest BCUT2D eigenvalue weighted by Crippen LogP contribution is -2.67. The number of ether oxygens (including phenoxy) is 1. The summed E-state index contributed by atoms with van der Waals surface area (Å²) in [5, 5.41) is 23.4. The van der Waals surface area contributed by atoms with Crippen molar-refractivity contribution in [3.63, 3.8) is 0 Å². The molecule has 2 spiro atoms. The Bertz CT molecular complexity index is 1250. The van der Waals surface area contributed by atoms with Crippen LogP contribution < -0.4 is 4.74 Å². The van der Waals surface area contributed by atoms with E-state index in [0.717, 1.165) is 69.5 Å². The smallest absolute Gasteiger partial charge is 0.189 e. The third-order valence-electron chi connectivity index (χ3n) is 13.2. The van der Waals surface area contributed by atoms with Crippen molar-refractivity contribution in [3.8, 4) is 5.75 Å². The number of allylic oxidation sites excluding steroid dienone is 4. The molecule has 216 valence electrons. The minimum absolute atomic E-state index is 0.000423. The maximum atomic E-state index is 14.6. The second-order valence-electron chi connectivity index (χ2n) is 14.7. The number of nitrogens with zero attached hydrogens (tertiary/aromatic N) is 1. The fourth-order valence-corrected chi connectivity index (χ4v) is 11.0. The monoisotopic (exact) mass is 545 g/mol. The summed E-state index contributed by atoms with van der Waals surface area (Å²) >= 11 is 0. The number of hydrogen-bond donors (Lipinski definition) is 2. The molecule has 1 heterocycles. The van der Waals surface area contributed by atoms with Crippen LogP contribution in [0.4, 0.5) is 0 Å². The van der Waals surface area contributed by atoms with E-state index in [0.29, 0.717) is 17.9 Å². The number of carbonyl (C=O) groups is 1. The molecule has 3 saturated carbocycles. The Balaban J connectivity index is 1.35. The Labute approximate surface area is 239 Å². The minimum Gasteiger partial charge on any atom is -0.497 e. The third kappa shape index (κ3) is 3.40. The predicted molar refractivity (Wildman–Crippen MR) is 156 cm³/mol. The highest BCUT2D eigenvalue weighted by Gasteiger charge is 2.74. The highest BCUT2D eigenvalue weighted by molar-refractivity contribution is 6.10. The van der Waals surface area contributed by atoms with Crippen LogP contribution in [0.2, 0.25) is 0 Å². The maximum Gasteiger partial charge on any atom is 0.189 e. The quantitative estimate of drug-likeness (QED) is 0.353. The van der Waals surface area contributed by atoms with Gasteiger partial charge in [0.15, 0.2) is 5.78 Å². The van der Waals surface area contributed by atoms with Gasteiger partial charge in [0.25, 0.3) is 0 Å². The summed E-state index contributed by atoms with van der Waals surface area (Å²) in [6.07, 6.45) is 16.8. The van der Waals surface area contributed by atoms with Crippen LogP contribution in [0, 0.1) is 33.5 Å². The van der Waals surface area contributed by atoms with E-state index in [9.17, 15) is 15.0 Å². The van der Waals surface area contributed by atoms with Crippen LogP contribution in [0.1, 0.15) is 88.4 Å². The van der Waals surface area contributed by atoms with Crippen molar-refractivity contribution in [1.29, 1.82) is 0 Å². The third-order valence-corrected chi connectivity index (χ3v) is 13.2. The van der Waals surface area contributed by atoms with Gasteiger partial charge >= 0.3 is 0 Å². The molecule has 0 aromatic heterocycles. The predicted octanol–water partition coefficient (Wildman–Crippen LogP) is 5.95. The van der Waals surface area contributed by atoms with Crippen molar-refractivity contribution in [2.75, 3.05) is 26.7 Å². The SMILES string of the molecule is COc1ccc(C(=O)C2=C[C@@]34C=C[C@@]25[C@@H]2CC[C@@](O)(CN6CCCCC6)[C@@]2(C)CC[C@@H]5[C@@]3(C)CCC(O)C4)cc1. The number of hydrogen-bond acceptors (Lipinski definition) is 5. The molecule has 40 heavy (non-hydrogen) atoms. The number of aliphatic hydroxyl groups excluding tert-OH is 1. The zero-order chi connectivity index (χ0) is 28.0. The van der Waals surface area contributed by atoms with E-state index in [4.69, 9.17) is 4.74 Å². The number of fused-ring (bicyclic) bond motifs is 1. The number of benzene rings is 1. The van der Waals surface area contributed by atoms with E-state index >= 15 is 0 Å². The second-order valence-corrected chi connectivity index (χ2v) is 14.7. The summed E-state index contributed by atoms with van der Waals surface area (Å²) in [5.74, 6) is 1.39. The highest BCUT2D eigenvalue weighted by atomic mass is 16.5. The van der Waals surface area contributed by atoms with Gasteiger partial charge in [0, 0.05) is 33.9 Å². The summed E-state index contributed by atoms with van der Waals surface area (Å²) < 4.78 is 5.38. The van der Waals surface area contributed by atoms with Gasteiger partial charge in [0.05, 0.1) is 18.8 Å². The Morgan fingerprint density at radius 1 is 0.950 bits per heavy atom. The number of likely N-dealkylation sites (tertiary alicyclic amines) is 1. The van der Waals surface area contributed by atoms with Crippen LogP contribution in [0.3, 0.4) is 0 Å². The molecule has 7 aliphatic rings. The van der Waals surface area contributed by atoms with Crippen LogP contribution >= 0.6 is 0 Å². The molecule has 1 aromatic rings. The van der Waals surface area contributed by atoms with Crippen LogP contribution in [0.5, 0.6) is 5.75 Å². The largest absolute Gasteiger partial charge is 0.497 e. The Hall–Kier alpha value is -1.95. The first-order chi connectivity index (χ1) is 19.1. The van der Waals surface area contributed by atoms with Gasteiger partial charge < -0.3 is 19.8 Å². The number of aliphatic hydroxyl groups is 2. The topological polar surface area (TPSA) is 70.0 Å². The van der Waals surface area contributed by atoms with Gasteiger partial charge in [-0.05, 0) is 112 Å². The number of Topliss-reactive ketones (excluding diaryl/α,β-unsaturated/α-hetero) is 1. The summed E-state index contributed by atoms with van der Waals surface area (Å²) in [7, 11) is 1.65. The van der Waals surface area contributed by atoms with E-state index in [1.54, 1.807) is 7.11 Å². The summed E-state index contributed by atoms with van der Waals surface area (Å²) in [6, 6.07) is 7.56. The van der Waals surface area contributed by atoms with Crippen molar-refractivity contribution in [1.82, 2.24) is 4.90 Å². The zero-order valence-electron chi connectivity index (χ0n) is 24.6. The molecule has 5 heteroatoms. The van der Waals surface area contributed by atoms with Crippen LogP contribution in [-0.2, 0) is 0 Å². The van der Waals surface area contributed by atoms with Gasteiger partial charge in [-0.25, -0.2) is 0 Å². The lowest BCUT2D eigenvalue weighted by Gasteiger charge is -2.71. The normalized spacial score (nSPS) is 45.8. The highest BCUT2D eigenvalue weighted by Crippen LogP contribution is 2.78. The fraction of sp³-hybridized carbons (Fsp3) is 0.686. The average Bonchev–Trinajstić information content (AvgIpc) is 3.23. The molecule has 8 rings (SSSR count). The van der Waals surface area contributed by atoms with Crippen molar-refractivity contribution in [3.05, 3.63) is 53.6 Å². The molecule has 1 unspecified atom stereocenters. The van der Waals surface area contributed by atoms with Gasteiger partial charge in [-0.2, -0.15) is 0 Å². The summed E-state index contributed by atoms with van der Waals surface area (Å²) in [5.41, 5.74) is -0.0714. The van der Waals surface area contributed by atoms with Gasteiger partial charge in [-0.15, -0.1) is 0 Å². The summed E-state index contributed by atoms with van der Waals surface area (Å²) in [4.78, 5) is 17.1. The second kappa shape index (κ2) is 9.02. The van der Waals surface area contributed by atoms with Gasteiger partial charge in [0.1, 0.15) is 5.75 Å². The first kappa shape index (κ1) is 26.9. The average molecular weight is 546 g/mol. The van der Waals surface area contributed by atoms with Crippen LogP contribution in [0.25, 0.3) is 0 Å². The lowest BCUT2D eigenvalue weighted by atomic mass is 9.32. The Morgan fingerprint density at radius 2 is 1.62 bits per heavy atom. The molecule has 4 fully saturated rings. The van der Waals surface area contributed by atoms with Gasteiger partial charge in [-0.1, -0.05) is 38.5 Å². The Morgan fingerprint density at radius 3 is 2.35 bits per heavy atom. The molecule has 8 atom stereocenters. The van der Waals surface area contributed by atoms with E-state index in [1.807, 2.05) is 24.3 Å². The van der Waals surface area contributed by atoms with Gasteiger partial charge in [-0.3, -0.25) is 4.79 Å².